The lowest BCUT2D eigenvalue weighted by atomic mass is 10.0. The topological polar surface area (TPSA) is 63.6 Å². The van der Waals surface area contributed by atoms with E-state index in [1.165, 1.54) is 13.8 Å². The Labute approximate surface area is 100 Å². The number of ether oxygens (including phenoxy) is 1. The number of ketones is 1. The monoisotopic (exact) mass is 236 g/mol. The highest BCUT2D eigenvalue weighted by Crippen LogP contribution is 2.32. The highest BCUT2D eigenvalue weighted by molar-refractivity contribution is 6.18. The van der Waals surface area contributed by atoms with Crippen molar-refractivity contribution in [3.05, 3.63) is 35.6 Å². The van der Waals surface area contributed by atoms with Crippen LogP contribution in [0.1, 0.15) is 27.2 Å². The molecule has 0 saturated heterocycles. The van der Waals surface area contributed by atoms with Gasteiger partial charge >= 0.3 is 5.97 Å². The fourth-order valence-corrected chi connectivity index (χ4v) is 1.51. The quantitative estimate of drug-likeness (QED) is 0.462. The largest absolute Gasteiger partial charge is 0.507 e. The van der Waals surface area contributed by atoms with E-state index in [1.54, 1.807) is 18.2 Å². The zero-order chi connectivity index (χ0) is 13.1. The Morgan fingerprint density at radius 2 is 2.12 bits per heavy atom. The normalized spacial score (nSPS) is 25.0. The summed E-state index contributed by atoms with van der Waals surface area (Å²) in [6.07, 6.45) is 7.82. The van der Waals surface area contributed by atoms with Crippen LogP contribution >= 0.6 is 0 Å². The van der Waals surface area contributed by atoms with Gasteiger partial charge in [-0.2, -0.15) is 0 Å². The third-order valence-corrected chi connectivity index (χ3v) is 2.47. The fraction of sp³-hybridized carbons (Fsp3) is 0.385. The van der Waals surface area contributed by atoms with Gasteiger partial charge in [-0.15, -0.1) is 0 Å². The highest BCUT2D eigenvalue weighted by atomic mass is 16.6. The van der Waals surface area contributed by atoms with Gasteiger partial charge in [-0.1, -0.05) is 25.2 Å². The second kappa shape index (κ2) is 4.99. The van der Waals surface area contributed by atoms with Crippen molar-refractivity contribution >= 4 is 11.8 Å². The molecule has 0 bridgehead atoms. The summed E-state index contributed by atoms with van der Waals surface area (Å²) in [6.45, 7) is 4.75. The maximum Gasteiger partial charge on any atom is 0.346 e. The number of rotatable bonds is 4. The van der Waals surface area contributed by atoms with E-state index in [0.717, 1.165) is 6.42 Å². The van der Waals surface area contributed by atoms with Gasteiger partial charge in [0.05, 0.1) is 0 Å². The van der Waals surface area contributed by atoms with Crippen LogP contribution in [-0.4, -0.2) is 22.5 Å². The van der Waals surface area contributed by atoms with Crippen molar-refractivity contribution in [3.63, 3.8) is 0 Å². The molecule has 1 unspecified atom stereocenters. The van der Waals surface area contributed by atoms with Crippen molar-refractivity contribution in [3.8, 4) is 0 Å². The lowest BCUT2D eigenvalue weighted by Crippen LogP contribution is -2.24. The summed E-state index contributed by atoms with van der Waals surface area (Å²) in [4.78, 5) is 22.6. The average molecular weight is 236 g/mol. The second-order valence-electron chi connectivity index (χ2n) is 3.97. The van der Waals surface area contributed by atoms with Crippen LogP contribution in [-0.2, 0) is 14.3 Å². The van der Waals surface area contributed by atoms with E-state index in [1.807, 2.05) is 13.0 Å². The fourth-order valence-electron chi connectivity index (χ4n) is 1.51. The van der Waals surface area contributed by atoms with Crippen molar-refractivity contribution in [2.24, 2.45) is 0 Å². The Hall–Kier alpha value is -1.84. The minimum Gasteiger partial charge on any atom is -0.507 e. The first-order chi connectivity index (χ1) is 7.92. The molecule has 1 aliphatic rings. The molecule has 92 valence electrons. The smallest absolute Gasteiger partial charge is 0.346 e. The molecule has 0 aliphatic carbocycles. The van der Waals surface area contributed by atoms with Crippen LogP contribution in [0.2, 0.25) is 0 Å². The molecular weight excluding hydrogens is 220 g/mol. The maximum atomic E-state index is 11.4. The van der Waals surface area contributed by atoms with Crippen molar-refractivity contribution in [1.82, 2.24) is 0 Å². The average Bonchev–Trinajstić information content (AvgIpc) is 2.45. The van der Waals surface area contributed by atoms with Crippen LogP contribution in [0.5, 0.6) is 0 Å². The van der Waals surface area contributed by atoms with Gasteiger partial charge in [0.1, 0.15) is 5.57 Å². The number of Topliss-reactive ketones (excluding diaryl/α,β-unsaturated/α-hetero) is 1. The Kier molecular flexibility index (Phi) is 3.89. The van der Waals surface area contributed by atoms with Crippen LogP contribution in [0, 0.1) is 0 Å². The van der Waals surface area contributed by atoms with E-state index >= 15 is 0 Å². The summed E-state index contributed by atoms with van der Waals surface area (Å²) >= 11 is 0. The summed E-state index contributed by atoms with van der Waals surface area (Å²) in [6, 6.07) is 0. The summed E-state index contributed by atoms with van der Waals surface area (Å²) in [5.74, 6) is -1.59. The molecule has 0 fully saturated rings. The van der Waals surface area contributed by atoms with E-state index in [4.69, 9.17) is 4.74 Å². The zero-order valence-corrected chi connectivity index (χ0v) is 10.2. The lowest BCUT2D eigenvalue weighted by Gasteiger charge is -2.18. The second-order valence-corrected chi connectivity index (χ2v) is 3.97. The van der Waals surface area contributed by atoms with E-state index in [0.29, 0.717) is 0 Å². The standard InChI is InChI=1S/C13H16O4/c1-4-5-6-7-8-13(3)11(15)10(9(2)14)12(16)17-13/h5-8,15H,4H2,1-3H3. The van der Waals surface area contributed by atoms with Gasteiger partial charge in [-0.25, -0.2) is 4.79 Å². The van der Waals surface area contributed by atoms with Gasteiger partial charge in [0.15, 0.2) is 17.1 Å². The zero-order valence-electron chi connectivity index (χ0n) is 10.2. The van der Waals surface area contributed by atoms with Crippen LogP contribution in [0.3, 0.4) is 0 Å². The van der Waals surface area contributed by atoms with Crippen molar-refractivity contribution in [2.45, 2.75) is 32.8 Å². The van der Waals surface area contributed by atoms with E-state index in [-0.39, 0.29) is 11.3 Å². The number of carbonyl (C=O) groups is 2. The van der Waals surface area contributed by atoms with Gasteiger partial charge < -0.3 is 9.84 Å². The Morgan fingerprint density at radius 1 is 1.47 bits per heavy atom. The first-order valence-electron chi connectivity index (χ1n) is 5.44. The van der Waals surface area contributed by atoms with E-state index in [2.05, 4.69) is 0 Å². The summed E-state index contributed by atoms with van der Waals surface area (Å²) < 4.78 is 5.01. The summed E-state index contributed by atoms with van der Waals surface area (Å²) in [7, 11) is 0. The molecule has 1 heterocycles. The molecule has 1 N–H and O–H groups in total. The molecule has 0 aromatic heterocycles. The van der Waals surface area contributed by atoms with Crippen molar-refractivity contribution in [1.29, 1.82) is 0 Å². The molecule has 4 heteroatoms. The minimum atomic E-state index is -1.24. The predicted molar refractivity (Wildman–Crippen MR) is 63.4 cm³/mol. The Bertz CT molecular complexity index is 429. The number of aliphatic hydroxyl groups is 1. The number of hydrogen-bond acceptors (Lipinski definition) is 4. The molecule has 4 nitrogen and oxygen atoms in total. The van der Waals surface area contributed by atoms with Crippen LogP contribution < -0.4 is 0 Å². The van der Waals surface area contributed by atoms with E-state index < -0.39 is 17.4 Å². The number of carbonyl (C=O) groups excluding carboxylic acids is 2. The molecule has 0 aromatic carbocycles. The van der Waals surface area contributed by atoms with Gasteiger partial charge in [0.25, 0.3) is 0 Å². The molecule has 0 saturated carbocycles. The molecule has 1 aliphatic heterocycles. The third kappa shape index (κ3) is 2.64. The number of esters is 1. The SMILES string of the molecule is CCC=CC=CC1(C)OC(=O)C(C(C)=O)=C1O. The van der Waals surface area contributed by atoms with Crippen molar-refractivity contribution < 1.29 is 19.4 Å². The van der Waals surface area contributed by atoms with Gasteiger partial charge in [-0.05, 0) is 26.3 Å². The lowest BCUT2D eigenvalue weighted by molar-refractivity contribution is -0.144. The molecule has 1 rings (SSSR count). The van der Waals surface area contributed by atoms with Crippen molar-refractivity contribution in [2.75, 3.05) is 0 Å². The molecule has 0 spiro atoms. The molecule has 1 atom stereocenters. The van der Waals surface area contributed by atoms with Gasteiger partial charge in [0.2, 0.25) is 0 Å². The first kappa shape index (κ1) is 13.2. The van der Waals surface area contributed by atoms with Crippen LogP contribution in [0.15, 0.2) is 35.6 Å². The Morgan fingerprint density at radius 3 is 2.59 bits per heavy atom. The number of allylic oxidation sites excluding steroid dienone is 3. The molecular formula is C13H16O4. The minimum absolute atomic E-state index is 0.267. The number of aliphatic hydroxyl groups excluding tert-OH is 1. The van der Waals surface area contributed by atoms with Gasteiger partial charge in [-0.3, -0.25) is 4.79 Å². The molecule has 0 radical (unpaired) electrons. The maximum absolute atomic E-state index is 11.4. The van der Waals surface area contributed by atoms with E-state index in [9.17, 15) is 14.7 Å². The van der Waals surface area contributed by atoms with Crippen LogP contribution in [0.4, 0.5) is 0 Å². The van der Waals surface area contributed by atoms with Crippen LogP contribution in [0.25, 0.3) is 0 Å². The number of cyclic esters (lactones) is 1. The van der Waals surface area contributed by atoms with Gasteiger partial charge in [0, 0.05) is 0 Å². The first-order valence-corrected chi connectivity index (χ1v) is 5.44. The summed E-state index contributed by atoms with van der Waals surface area (Å²) in [5, 5.41) is 9.84. The highest BCUT2D eigenvalue weighted by Gasteiger charge is 2.44. The molecule has 0 aromatic rings. The number of hydrogen-bond donors (Lipinski definition) is 1. The predicted octanol–water partition coefficient (Wildman–Crippen LogP) is 2.23. The molecule has 17 heavy (non-hydrogen) atoms. The summed E-state index contributed by atoms with van der Waals surface area (Å²) in [5.41, 5.74) is -1.51. The third-order valence-electron chi connectivity index (χ3n) is 2.47. The Balaban J connectivity index is 3.00. The molecule has 0 amide bonds.